The molecule has 1 N–H and O–H groups in total. The van der Waals surface area contributed by atoms with Crippen LogP contribution in [0.5, 0.6) is 5.75 Å². The van der Waals surface area contributed by atoms with Gasteiger partial charge in [0.2, 0.25) is 4.77 Å². The van der Waals surface area contributed by atoms with Crippen molar-refractivity contribution in [1.82, 2.24) is 14.9 Å². The van der Waals surface area contributed by atoms with Gasteiger partial charge in [-0.2, -0.15) is 14.9 Å². The zero-order valence-corrected chi connectivity index (χ0v) is 14.8. The molecule has 0 unspecified atom stereocenters. The number of rotatable bonds is 5. The summed E-state index contributed by atoms with van der Waals surface area (Å²) in [5, 5.41) is 10.4. The van der Waals surface area contributed by atoms with Gasteiger partial charge in [-0.25, -0.2) is 4.39 Å². The quantitative estimate of drug-likeness (QED) is 0.534. The minimum atomic E-state index is -0.471. The van der Waals surface area contributed by atoms with Gasteiger partial charge in [-0.3, -0.25) is 9.89 Å². The van der Waals surface area contributed by atoms with Gasteiger partial charge in [0, 0.05) is 11.1 Å². The highest BCUT2D eigenvalue weighted by atomic mass is 35.5. The number of aromatic nitrogens is 3. The van der Waals surface area contributed by atoms with E-state index in [1.165, 1.54) is 18.3 Å². The molecule has 0 bridgehead atoms. The van der Waals surface area contributed by atoms with Gasteiger partial charge in [0.15, 0.2) is 0 Å². The lowest BCUT2D eigenvalue weighted by atomic mass is 10.2. The van der Waals surface area contributed by atoms with E-state index in [2.05, 4.69) is 15.3 Å². The third-order valence-electron chi connectivity index (χ3n) is 3.40. The predicted molar refractivity (Wildman–Crippen MR) is 98.9 cm³/mol. The van der Waals surface area contributed by atoms with E-state index >= 15 is 0 Å². The van der Waals surface area contributed by atoms with Gasteiger partial charge in [-0.15, -0.1) is 0 Å². The summed E-state index contributed by atoms with van der Waals surface area (Å²) in [6.07, 6.45) is 2.49. The summed E-state index contributed by atoms with van der Waals surface area (Å²) >= 11 is 11.0. The third kappa shape index (κ3) is 4.04. The Morgan fingerprint density at radius 3 is 2.88 bits per heavy atom. The van der Waals surface area contributed by atoms with Crippen molar-refractivity contribution in [3.05, 3.63) is 85.8 Å². The van der Waals surface area contributed by atoms with E-state index in [1.54, 1.807) is 30.3 Å². The number of nitrogens with one attached hydrogen (secondary N) is 1. The van der Waals surface area contributed by atoms with Crippen LogP contribution in [0.2, 0.25) is 5.02 Å². The number of ether oxygens (including phenoxy) is 1. The summed E-state index contributed by atoms with van der Waals surface area (Å²) in [6, 6.07) is 11.4. The summed E-state index contributed by atoms with van der Waals surface area (Å²) in [6.45, 7) is -0.0500. The molecule has 1 aromatic heterocycles. The Kier molecular flexibility index (Phi) is 5.55. The summed E-state index contributed by atoms with van der Waals surface area (Å²) in [4.78, 5) is 11.7. The number of H-pyrrole nitrogens is 1. The number of hydrogen-bond acceptors (Lipinski definition) is 5. The van der Waals surface area contributed by atoms with Crippen LogP contribution in [0.25, 0.3) is 0 Å². The van der Waals surface area contributed by atoms with E-state index in [1.807, 2.05) is 0 Å². The number of para-hydroxylation sites is 1. The van der Waals surface area contributed by atoms with Gasteiger partial charge < -0.3 is 4.74 Å². The molecule has 3 rings (SSSR count). The van der Waals surface area contributed by atoms with Gasteiger partial charge >= 0.3 is 0 Å². The minimum Gasteiger partial charge on any atom is -0.488 e. The molecule has 0 fully saturated rings. The fraction of sp³-hybridized carbons (Fsp3) is 0.0588. The molecule has 9 heteroatoms. The van der Waals surface area contributed by atoms with E-state index in [0.29, 0.717) is 11.3 Å². The number of nitrogens with zero attached hydrogens (tertiary/aromatic N) is 3. The first-order valence-electron chi connectivity index (χ1n) is 7.42. The summed E-state index contributed by atoms with van der Waals surface area (Å²) < 4.78 is 20.6. The van der Waals surface area contributed by atoms with Gasteiger partial charge in [0.1, 0.15) is 24.4 Å². The van der Waals surface area contributed by atoms with Crippen LogP contribution >= 0.6 is 23.8 Å². The lowest BCUT2D eigenvalue weighted by Crippen LogP contribution is -2.18. The Balaban J connectivity index is 1.86. The lowest BCUT2D eigenvalue weighted by Gasteiger charge is -2.10. The smallest absolute Gasteiger partial charge is 0.293 e. The molecule has 0 saturated heterocycles. The second-order valence-electron chi connectivity index (χ2n) is 5.10. The van der Waals surface area contributed by atoms with E-state index < -0.39 is 11.4 Å². The molecule has 0 atom stereocenters. The van der Waals surface area contributed by atoms with E-state index in [-0.39, 0.29) is 22.0 Å². The molecule has 1 heterocycles. The van der Waals surface area contributed by atoms with Crippen molar-refractivity contribution in [3.8, 4) is 5.75 Å². The van der Waals surface area contributed by atoms with Crippen LogP contribution in [0.4, 0.5) is 4.39 Å². The van der Waals surface area contributed by atoms with Crippen molar-refractivity contribution in [3.63, 3.8) is 0 Å². The fourth-order valence-electron chi connectivity index (χ4n) is 2.11. The van der Waals surface area contributed by atoms with Crippen molar-refractivity contribution < 1.29 is 9.13 Å². The highest BCUT2D eigenvalue weighted by Gasteiger charge is 2.09. The standard InChI is InChI=1S/C17H12ClFN4O2S/c18-13-5-3-6-14(19)12(13)10-25-15-7-2-1-4-11(15)8-21-23-16(24)9-20-22-17(23)26/h1-9H,10H2,(H,22,26)/b21-8+. The Labute approximate surface area is 157 Å². The van der Waals surface area contributed by atoms with Gasteiger partial charge in [0.25, 0.3) is 5.56 Å². The van der Waals surface area contributed by atoms with Crippen LogP contribution in [-0.2, 0) is 6.61 Å². The second-order valence-corrected chi connectivity index (χ2v) is 5.89. The fourth-order valence-corrected chi connectivity index (χ4v) is 2.52. The molecule has 132 valence electrons. The third-order valence-corrected chi connectivity index (χ3v) is 4.02. The van der Waals surface area contributed by atoms with E-state index in [0.717, 1.165) is 10.9 Å². The highest BCUT2D eigenvalue weighted by Crippen LogP contribution is 2.23. The number of benzene rings is 2. The predicted octanol–water partition coefficient (Wildman–Crippen LogP) is 3.55. The maximum atomic E-state index is 13.9. The molecule has 0 aliphatic carbocycles. The summed E-state index contributed by atoms with van der Waals surface area (Å²) in [5.41, 5.74) is 0.369. The number of hydrogen-bond donors (Lipinski definition) is 1. The summed E-state index contributed by atoms with van der Waals surface area (Å²) in [7, 11) is 0. The van der Waals surface area contributed by atoms with E-state index in [9.17, 15) is 9.18 Å². The van der Waals surface area contributed by atoms with Crippen molar-refractivity contribution in [2.24, 2.45) is 5.10 Å². The van der Waals surface area contributed by atoms with Crippen molar-refractivity contribution in [1.29, 1.82) is 0 Å². The molecule has 0 aliphatic heterocycles. The number of aromatic amines is 1. The van der Waals surface area contributed by atoms with Crippen LogP contribution in [-0.4, -0.2) is 21.1 Å². The Hall–Kier alpha value is -2.84. The Bertz CT molecular complexity index is 1030. The van der Waals surface area contributed by atoms with Gasteiger partial charge in [0.05, 0.1) is 11.2 Å². The van der Waals surface area contributed by atoms with Crippen molar-refractivity contribution >= 4 is 30.0 Å². The van der Waals surface area contributed by atoms with Gasteiger partial charge in [-0.1, -0.05) is 29.8 Å². The zero-order chi connectivity index (χ0) is 18.5. The second kappa shape index (κ2) is 8.03. The maximum Gasteiger partial charge on any atom is 0.293 e. The molecular formula is C17H12ClFN4O2S. The van der Waals surface area contributed by atoms with E-state index in [4.69, 9.17) is 28.6 Å². The zero-order valence-electron chi connectivity index (χ0n) is 13.2. The molecule has 0 spiro atoms. The highest BCUT2D eigenvalue weighted by molar-refractivity contribution is 7.71. The molecule has 0 radical (unpaired) electrons. The molecule has 26 heavy (non-hydrogen) atoms. The van der Waals surface area contributed by atoms with Crippen molar-refractivity contribution in [2.45, 2.75) is 6.61 Å². The Morgan fingerprint density at radius 2 is 2.12 bits per heavy atom. The van der Waals surface area contributed by atoms with Gasteiger partial charge in [-0.05, 0) is 36.5 Å². The first-order chi connectivity index (χ1) is 12.6. The SMILES string of the molecule is O=c1cn[nH]c(=S)n1/N=C/c1ccccc1OCc1c(F)cccc1Cl. The summed E-state index contributed by atoms with van der Waals surface area (Å²) in [5.74, 6) is 0.00541. The molecule has 2 aromatic carbocycles. The van der Waals surface area contributed by atoms with Crippen LogP contribution in [0.1, 0.15) is 11.1 Å². The normalized spacial score (nSPS) is 11.0. The van der Waals surface area contributed by atoms with Crippen LogP contribution in [0.3, 0.4) is 0 Å². The maximum absolute atomic E-state index is 13.9. The van der Waals surface area contributed by atoms with Crippen LogP contribution in [0, 0.1) is 10.6 Å². The Morgan fingerprint density at radius 1 is 1.31 bits per heavy atom. The molecule has 0 saturated carbocycles. The van der Waals surface area contributed by atoms with Crippen LogP contribution < -0.4 is 10.3 Å². The topological polar surface area (TPSA) is 72.3 Å². The average Bonchev–Trinajstić information content (AvgIpc) is 2.62. The van der Waals surface area contributed by atoms with Crippen molar-refractivity contribution in [2.75, 3.05) is 0 Å². The minimum absolute atomic E-state index is 0.0500. The first-order valence-corrected chi connectivity index (χ1v) is 8.20. The lowest BCUT2D eigenvalue weighted by molar-refractivity contribution is 0.299. The molecular weight excluding hydrogens is 379 g/mol. The monoisotopic (exact) mass is 390 g/mol. The molecule has 0 aliphatic rings. The largest absolute Gasteiger partial charge is 0.488 e. The molecule has 6 nitrogen and oxygen atoms in total. The van der Waals surface area contributed by atoms with Crippen LogP contribution in [0.15, 0.2) is 58.6 Å². The number of halogens is 2. The average molecular weight is 391 g/mol. The molecule has 3 aromatic rings. The molecule has 0 amide bonds. The first kappa shape index (κ1) is 18.0.